The number of thiophene rings is 1. The first-order chi connectivity index (χ1) is 6.43. The molecule has 0 aromatic carbocycles. The second-order valence-electron chi connectivity index (χ2n) is 2.95. The van der Waals surface area contributed by atoms with Gasteiger partial charge in [0.1, 0.15) is 10.1 Å². The molecular formula is C9H8Cl2O2S. The summed E-state index contributed by atoms with van der Waals surface area (Å²) in [5.41, 5.74) is 0.660. The Bertz CT molecular complexity index is 396. The fourth-order valence-corrected chi connectivity index (χ4v) is 2.53. The Morgan fingerprint density at radius 2 is 1.93 bits per heavy atom. The van der Waals surface area contributed by atoms with Crippen LogP contribution in [0.3, 0.4) is 0 Å². The molecule has 0 spiro atoms. The standard InChI is InChI=1S/C9H8Cl2O2S/c1-4(12)3-6(13)8-5(2)7(10)9(11)14-8/h3H2,1-2H3. The maximum atomic E-state index is 11.5. The first-order valence-corrected chi connectivity index (χ1v) is 5.47. The summed E-state index contributed by atoms with van der Waals surface area (Å²) in [7, 11) is 0. The molecule has 0 radical (unpaired) electrons. The van der Waals surface area contributed by atoms with Gasteiger partial charge in [-0.2, -0.15) is 0 Å². The Labute approximate surface area is 95.8 Å². The van der Waals surface area contributed by atoms with Crippen molar-refractivity contribution >= 4 is 46.1 Å². The van der Waals surface area contributed by atoms with E-state index in [4.69, 9.17) is 23.2 Å². The van der Waals surface area contributed by atoms with Crippen LogP contribution in [0.5, 0.6) is 0 Å². The van der Waals surface area contributed by atoms with E-state index in [0.717, 1.165) is 11.3 Å². The highest BCUT2D eigenvalue weighted by atomic mass is 35.5. The zero-order chi connectivity index (χ0) is 10.9. The van der Waals surface area contributed by atoms with Crippen molar-refractivity contribution in [2.75, 3.05) is 0 Å². The van der Waals surface area contributed by atoms with E-state index in [1.165, 1.54) is 6.92 Å². The van der Waals surface area contributed by atoms with E-state index in [-0.39, 0.29) is 18.0 Å². The van der Waals surface area contributed by atoms with Crippen LogP contribution in [0.4, 0.5) is 0 Å². The molecule has 0 aliphatic heterocycles. The van der Waals surface area contributed by atoms with Gasteiger partial charge in [0.05, 0.1) is 16.3 Å². The van der Waals surface area contributed by atoms with E-state index in [0.29, 0.717) is 19.8 Å². The molecule has 0 saturated heterocycles. The van der Waals surface area contributed by atoms with Gasteiger partial charge in [0.15, 0.2) is 5.78 Å². The molecule has 0 atom stereocenters. The molecule has 76 valence electrons. The molecule has 0 saturated carbocycles. The minimum absolute atomic E-state index is 0.0893. The summed E-state index contributed by atoms with van der Waals surface area (Å²) in [5, 5.41) is 0.406. The van der Waals surface area contributed by atoms with Crippen LogP contribution < -0.4 is 0 Å². The van der Waals surface area contributed by atoms with Crippen LogP contribution in [-0.4, -0.2) is 11.6 Å². The average Bonchev–Trinajstić information content (AvgIpc) is 2.32. The van der Waals surface area contributed by atoms with Gasteiger partial charge in [-0.15, -0.1) is 11.3 Å². The van der Waals surface area contributed by atoms with Crippen LogP contribution in [0, 0.1) is 6.92 Å². The maximum Gasteiger partial charge on any atom is 0.180 e. The average molecular weight is 251 g/mol. The van der Waals surface area contributed by atoms with Crippen molar-refractivity contribution in [1.82, 2.24) is 0 Å². The normalized spacial score (nSPS) is 10.3. The van der Waals surface area contributed by atoms with E-state index < -0.39 is 0 Å². The quantitative estimate of drug-likeness (QED) is 0.608. The molecule has 1 aromatic rings. The SMILES string of the molecule is CC(=O)CC(=O)c1sc(Cl)c(Cl)c1C. The fraction of sp³-hybridized carbons (Fsp3) is 0.333. The lowest BCUT2D eigenvalue weighted by molar-refractivity contribution is -0.116. The molecule has 0 aliphatic rings. The van der Waals surface area contributed by atoms with Crippen LogP contribution >= 0.6 is 34.5 Å². The second kappa shape index (κ2) is 4.43. The number of carbonyl (C=O) groups is 2. The van der Waals surface area contributed by atoms with Crippen molar-refractivity contribution in [3.05, 3.63) is 19.8 Å². The van der Waals surface area contributed by atoms with Crippen LogP contribution in [0.15, 0.2) is 0 Å². The highest BCUT2D eigenvalue weighted by Crippen LogP contribution is 2.36. The molecule has 0 aliphatic carbocycles. The minimum atomic E-state index is -0.214. The molecule has 5 heteroatoms. The number of halogens is 2. The Kier molecular flexibility index (Phi) is 3.70. The Morgan fingerprint density at radius 1 is 1.36 bits per heavy atom. The zero-order valence-electron chi connectivity index (χ0n) is 7.69. The molecule has 0 bridgehead atoms. The van der Waals surface area contributed by atoms with E-state index in [1.807, 2.05) is 0 Å². The number of rotatable bonds is 3. The first-order valence-electron chi connectivity index (χ1n) is 3.90. The van der Waals surface area contributed by atoms with Gasteiger partial charge in [0, 0.05) is 0 Å². The lowest BCUT2D eigenvalue weighted by Gasteiger charge is -1.95. The molecule has 2 nitrogen and oxygen atoms in total. The van der Waals surface area contributed by atoms with E-state index in [2.05, 4.69) is 0 Å². The number of ketones is 2. The van der Waals surface area contributed by atoms with Gasteiger partial charge >= 0.3 is 0 Å². The fourth-order valence-electron chi connectivity index (χ4n) is 1.03. The summed E-state index contributed by atoms with van der Waals surface area (Å²) in [6.45, 7) is 3.10. The zero-order valence-corrected chi connectivity index (χ0v) is 10.0. The van der Waals surface area contributed by atoms with Crippen LogP contribution in [-0.2, 0) is 4.79 Å². The Balaban J connectivity index is 3.02. The van der Waals surface area contributed by atoms with Crippen molar-refractivity contribution < 1.29 is 9.59 Å². The highest BCUT2D eigenvalue weighted by molar-refractivity contribution is 7.19. The van der Waals surface area contributed by atoms with Gasteiger partial charge in [0.25, 0.3) is 0 Å². The molecular weight excluding hydrogens is 243 g/mol. The summed E-state index contributed by atoms with van der Waals surface area (Å²) in [4.78, 5) is 22.7. The third kappa shape index (κ3) is 2.35. The highest BCUT2D eigenvalue weighted by Gasteiger charge is 2.18. The van der Waals surface area contributed by atoms with Crippen molar-refractivity contribution in [1.29, 1.82) is 0 Å². The summed E-state index contributed by atoms with van der Waals surface area (Å²) < 4.78 is 0.399. The van der Waals surface area contributed by atoms with Gasteiger partial charge in [0.2, 0.25) is 0 Å². The monoisotopic (exact) mass is 250 g/mol. The van der Waals surface area contributed by atoms with Crippen molar-refractivity contribution in [3.63, 3.8) is 0 Å². The second-order valence-corrected chi connectivity index (χ2v) is 4.95. The van der Waals surface area contributed by atoms with Gasteiger partial charge < -0.3 is 0 Å². The molecule has 1 aromatic heterocycles. The molecule has 0 fully saturated rings. The number of hydrogen-bond acceptors (Lipinski definition) is 3. The lowest BCUT2D eigenvalue weighted by atomic mass is 10.1. The molecule has 0 N–H and O–H groups in total. The summed E-state index contributed by atoms with van der Waals surface area (Å²) >= 11 is 12.7. The third-order valence-electron chi connectivity index (χ3n) is 1.70. The van der Waals surface area contributed by atoms with E-state index in [9.17, 15) is 9.59 Å². The largest absolute Gasteiger partial charge is 0.300 e. The van der Waals surface area contributed by atoms with Gasteiger partial charge in [-0.05, 0) is 19.4 Å². The molecule has 0 amide bonds. The molecule has 1 heterocycles. The third-order valence-corrected chi connectivity index (χ3v) is 3.92. The first kappa shape index (κ1) is 11.7. The van der Waals surface area contributed by atoms with Crippen LogP contribution in [0.1, 0.15) is 28.6 Å². The molecule has 0 unspecified atom stereocenters. The maximum absolute atomic E-state index is 11.5. The Morgan fingerprint density at radius 3 is 2.29 bits per heavy atom. The molecule has 1 rings (SSSR count). The van der Waals surface area contributed by atoms with Gasteiger partial charge in [-0.3, -0.25) is 9.59 Å². The summed E-state index contributed by atoms with van der Waals surface area (Å²) in [6, 6.07) is 0. The number of Topliss-reactive ketones (excluding diaryl/α,β-unsaturated/α-hetero) is 2. The lowest BCUT2D eigenvalue weighted by Crippen LogP contribution is -2.03. The van der Waals surface area contributed by atoms with Crippen LogP contribution in [0.25, 0.3) is 0 Å². The molecule has 14 heavy (non-hydrogen) atoms. The van der Waals surface area contributed by atoms with Crippen molar-refractivity contribution in [2.45, 2.75) is 20.3 Å². The van der Waals surface area contributed by atoms with E-state index in [1.54, 1.807) is 6.92 Å². The predicted octanol–water partition coefficient (Wildman–Crippen LogP) is 3.53. The topological polar surface area (TPSA) is 34.1 Å². The smallest absolute Gasteiger partial charge is 0.180 e. The summed E-state index contributed by atoms with van der Waals surface area (Å²) in [6.07, 6.45) is -0.0893. The summed E-state index contributed by atoms with van der Waals surface area (Å²) in [5.74, 6) is -0.371. The van der Waals surface area contributed by atoms with Gasteiger partial charge in [-0.1, -0.05) is 23.2 Å². The number of carbonyl (C=O) groups excluding carboxylic acids is 2. The number of hydrogen-bond donors (Lipinski definition) is 0. The van der Waals surface area contributed by atoms with Crippen LogP contribution in [0.2, 0.25) is 9.36 Å². The van der Waals surface area contributed by atoms with Gasteiger partial charge in [-0.25, -0.2) is 0 Å². The minimum Gasteiger partial charge on any atom is -0.300 e. The Hall–Kier alpha value is -0.380. The van der Waals surface area contributed by atoms with E-state index >= 15 is 0 Å². The van der Waals surface area contributed by atoms with Crippen molar-refractivity contribution in [3.8, 4) is 0 Å². The predicted molar refractivity (Wildman–Crippen MR) is 58.7 cm³/mol. The van der Waals surface area contributed by atoms with Crippen molar-refractivity contribution in [2.24, 2.45) is 0 Å².